The van der Waals surface area contributed by atoms with Crippen LogP contribution in [0.4, 0.5) is 17.6 Å². The highest BCUT2D eigenvalue weighted by atomic mass is 79.9. The van der Waals surface area contributed by atoms with Crippen molar-refractivity contribution in [2.75, 3.05) is 0 Å². The molecule has 0 aliphatic heterocycles. The second-order valence-electron chi connectivity index (χ2n) is 4.60. The molecule has 1 aliphatic carbocycles. The highest BCUT2D eigenvalue weighted by Gasteiger charge is 2.46. The molecule has 7 heteroatoms. The molecule has 0 aromatic heterocycles. The topological polar surface area (TPSA) is 26.0 Å². The van der Waals surface area contributed by atoms with Gasteiger partial charge < -0.3 is 5.73 Å². The Morgan fingerprint density at radius 3 is 2.24 bits per heavy atom. The maximum absolute atomic E-state index is 14.5. The van der Waals surface area contributed by atoms with Crippen LogP contribution in [-0.2, 0) is 5.41 Å². The minimum absolute atomic E-state index is 0.217. The van der Waals surface area contributed by atoms with E-state index in [4.69, 9.17) is 18.0 Å². The zero-order valence-corrected chi connectivity index (χ0v) is 12.9. The van der Waals surface area contributed by atoms with Crippen molar-refractivity contribution < 1.29 is 17.6 Å². The molecule has 1 aromatic rings. The number of hydrogen-bond acceptors (Lipinski definition) is 1. The summed E-state index contributed by atoms with van der Waals surface area (Å²) >= 11 is 8.15. The van der Waals surface area contributed by atoms with Gasteiger partial charge in [0.1, 0.15) is 6.17 Å². The normalized spacial score (nSPS) is 25.6. The van der Waals surface area contributed by atoms with E-state index in [1.807, 2.05) is 0 Å². The molecule has 1 aliphatic rings. The monoisotopic (exact) mass is 379 g/mol. The first-order chi connectivity index (χ1) is 9.68. The molecule has 2 atom stereocenters. The molecule has 21 heavy (non-hydrogen) atoms. The molecule has 0 spiro atoms. The van der Waals surface area contributed by atoms with E-state index in [0.29, 0.717) is 11.6 Å². The van der Waals surface area contributed by atoms with Gasteiger partial charge >= 0.3 is 6.18 Å². The average molecular weight is 380 g/mol. The molecule has 1 aromatic carbocycles. The smallest absolute Gasteiger partial charge is 0.392 e. The first-order valence-corrected chi connectivity index (χ1v) is 7.06. The van der Waals surface area contributed by atoms with E-state index < -0.39 is 23.3 Å². The third-order valence-electron chi connectivity index (χ3n) is 3.34. The average Bonchev–Trinajstić information content (AvgIpc) is 2.38. The van der Waals surface area contributed by atoms with E-state index in [1.54, 1.807) is 24.3 Å². The van der Waals surface area contributed by atoms with Gasteiger partial charge in [0.25, 0.3) is 0 Å². The van der Waals surface area contributed by atoms with Crippen molar-refractivity contribution >= 4 is 33.1 Å². The summed E-state index contributed by atoms with van der Waals surface area (Å²) in [5.74, 6) is 0. The van der Waals surface area contributed by atoms with Crippen molar-refractivity contribution in [2.45, 2.75) is 17.8 Å². The largest absolute Gasteiger partial charge is 0.416 e. The number of benzene rings is 1. The minimum Gasteiger partial charge on any atom is -0.392 e. The molecule has 0 fully saturated rings. The molecule has 0 amide bonds. The summed E-state index contributed by atoms with van der Waals surface area (Å²) in [4.78, 5) is -0.217. The van der Waals surface area contributed by atoms with Crippen LogP contribution in [0.25, 0.3) is 0 Å². The molecule has 2 rings (SSSR count). The number of thiocarbonyl (C=S) groups is 1. The summed E-state index contributed by atoms with van der Waals surface area (Å²) in [6.07, 6.45) is -4.18. The second kappa shape index (κ2) is 5.53. The summed E-state index contributed by atoms with van der Waals surface area (Å²) in [7, 11) is 0. The predicted octanol–water partition coefficient (Wildman–Crippen LogP) is 4.37. The number of halogens is 5. The van der Waals surface area contributed by atoms with Crippen LogP contribution in [0.5, 0.6) is 0 Å². The fourth-order valence-electron chi connectivity index (χ4n) is 2.19. The molecule has 0 bridgehead atoms. The number of allylic oxidation sites excluding steroid dienone is 3. The van der Waals surface area contributed by atoms with E-state index in [-0.39, 0.29) is 4.99 Å². The summed E-state index contributed by atoms with van der Waals surface area (Å²) in [6.45, 7) is 0. The molecule has 1 nitrogen and oxygen atoms in total. The Balaban J connectivity index is 2.53. The third-order valence-corrected chi connectivity index (χ3v) is 4.21. The van der Waals surface area contributed by atoms with Gasteiger partial charge in [-0.1, -0.05) is 52.4 Å². The van der Waals surface area contributed by atoms with E-state index in [1.165, 1.54) is 0 Å². The van der Waals surface area contributed by atoms with E-state index >= 15 is 0 Å². The van der Waals surface area contributed by atoms with E-state index in [9.17, 15) is 17.6 Å². The van der Waals surface area contributed by atoms with Gasteiger partial charge in [0.2, 0.25) is 0 Å². The van der Waals surface area contributed by atoms with Crippen LogP contribution in [0.2, 0.25) is 0 Å². The van der Waals surface area contributed by atoms with Gasteiger partial charge in [-0.2, -0.15) is 13.2 Å². The summed E-state index contributed by atoms with van der Waals surface area (Å²) in [6, 6.07) is 6.46. The SMILES string of the molecule is NC(=S)C1(c2ccc(Br)cc2)C=CC(C(F)(F)F)=CC1F. The van der Waals surface area contributed by atoms with Crippen LogP contribution in [-0.4, -0.2) is 17.3 Å². The maximum Gasteiger partial charge on any atom is 0.416 e. The third kappa shape index (κ3) is 2.89. The fraction of sp³-hybridized carbons (Fsp3) is 0.214. The molecule has 2 N–H and O–H groups in total. The zero-order chi connectivity index (χ0) is 15.8. The maximum atomic E-state index is 14.5. The molecule has 0 saturated carbocycles. The molecule has 0 heterocycles. The molecular weight excluding hydrogens is 370 g/mol. The Bertz CT molecular complexity index is 621. The summed E-state index contributed by atoms with van der Waals surface area (Å²) in [5.41, 5.74) is 3.43. The van der Waals surface area contributed by atoms with Gasteiger partial charge in [-0.25, -0.2) is 4.39 Å². The van der Waals surface area contributed by atoms with Gasteiger partial charge in [-0.05, 0) is 23.8 Å². The standard InChI is InChI=1S/C14H10BrF4NS/c15-10-3-1-8(2-4-10)13(12(20)21)6-5-9(7-11(13)16)14(17,18)19/h1-7,11H,(H2,20,21). The first kappa shape index (κ1) is 16.2. The van der Waals surface area contributed by atoms with Crippen LogP contribution in [0.1, 0.15) is 5.56 Å². The molecular formula is C14H10BrF4NS. The summed E-state index contributed by atoms with van der Waals surface area (Å²) in [5, 5.41) is 0. The van der Waals surface area contributed by atoms with Crippen molar-refractivity contribution in [2.24, 2.45) is 5.73 Å². The zero-order valence-electron chi connectivity index (χ0n) is 10.5. The Kier molecular flexibility index (Phi) is 4.26. The second-order valence-corrected chi connectivity index (χ2v) is 5.95. The van der Waals surface area contributed by atoms with Gasteiger partial charge in [-0.15, -0.1) is 0 Å². The molecule has 2 unspecified atom stereocenters. The van der Waals surface area contributed by atoms with Crippen LogP contribution in [0.15, 0.2) is 52.5 Å². The number of rotatable bonds is 2. The Hall–Kier alpha value is -1.21. The Morgan fingerprint density at radius 1 is 1.24 bits per heavy atom. The fourth-order valence-corrected chi connectivity index (χ4v) is 2.75. The van der Waals surface area contributed by atoms with Gasteiger partial charge in [0.15, 0.2) is 0 Å². The quantitative estimate of drug-likeness (QED) is 0.609. The van der Waals surface area contributed by atoms with E-state index in [0.717, 1.165) is 16.6 Å². The van der Waals surface area contributed by atoms with Crippen molar-refractivity contribution in [3.05, 3.63) is 58.1 Å². The van der Waals surface area contributed by atoms with Crippen LogP contribution >= 0.6 is 28.1 Å². The van der Waals surface area contributed by atoms with Crippen molar-refractivity contribution in [1.82, 2.24) is 0 Å². The number of hydrogen-bond donors (Lipinski definition) is 1. The number of nitrogens with two attached hydrogens (primary N) is 1. The molecule has 112 valence electrons. The van der Waals surface area contributed by atoms with Crippen LogP contribution in [0, 0.1) is 0 Å². The van der Waals surface area contributed by atoms with E-state index in [2.05, 4.69) is 15.9 Å². The summed E-state index contributed by atoms with van der Waals surface area (Å²) < 4.78 is 53.3. The van der Waals surface area contributed by atoms with Crippen molar-refractivity contribution in [1.29, 1.82) is 0 Å². The van der Waals surface area contributed by atoms with Gasteiger partial charge in [0, 0.05) is 4.47 Å². The molecule has 0 saturated heterocycles. The highest BCUT2D eigenvalue weighted by Crippen LogP contribution is 2.40. The lowest BCUT2D eigenvalue weighted by atomic mass is 9.73. The predicted molar refractivity (Wildman–Crippen MR) is 80.8 cm³/mol. The van der Waals surface area contributed by atoms with Gasteiger partial charge in [0.05, 0.1) is 16.0 Å². The van der Waals surface area contributed by atoms with Crippen molar-refractivity contribution in [3.8, 4) is 0 Å². The van der Waals surface area contributed by atoms with Gasteiger partial charge in [-0.3, -0.25) is 0 Å². The highest BCUT2D eigenvalue weighted by molar-refractivity contribution is 9.10. The lowest BCUT2D eigenvalue weighted by molar-refractivity contribution is -0.0892. The lowest BCUT2D eigenvalue weighted by Gasteiger charge is -2.35. The Labute approximate surface area is 132 Å². The Morgan fingerprint density at radius 2 is 1.81 bits per heavy atom. The lowest BCUT2D eigenvalue weighted by Crippen LogP contribution is -2.47. The number of alkyl halides is 4. The van der Waals surface area contributed by atoms with Crippen LogP contribution in [0.3, 0.4) is 0 Å². The van der Waals surface area contributed by atoms with Crippen LogP contribution < -0.4 is 5.73 Å². The minimum atomic E-state index is -4.61. The van der Waals surface area contributed by atoms with Crippen molar-refractivity contribution in [3.63, 3.8) is 0 Å². The molecule has 0 radical (unpaired) electrons. The first-order valence-electron chi connectivity index (χ1n) is 5.86.